The molecule has 174 valence electrons. The molecule has 1 N–H and O–H groups in total. The molecule has 1 aromatic carbocycles. The third-order valence-corrected chi connectivity index (χ3v) is 7.06. The van der Waals surface area contributed by atoms with Gasteiger partial charge in [0.05, 0.1) is 18.6 Å². The molecule has 0 saturated carbocycles. The number of sulfonamides is 1. The minimum atomic E-state index is -3.34. The van der Waals surface area contributed by atoms with E-state index in [1.165, 1.54) is 70.6 Å². The molecule has 0 heterocycles. The standard InChI is InChI=1S/C25H45NO3S/c1-4-6-7-8-9-10-11-12-13-14-15-16-17-18-21-30(27,28)26-24-22-23(5-2)19-20-25(24)29-3/h19-20,22,26H,4-18,21H2,1-3H3. The molecule has 0 spiro atoms. The van der Waals surface area contributed by atoms with Gasteiger partial charge in [-0.2, -0.15) is 0 Å². The molecule has 0 aliphatic heterocycles. The number of aryl methyl sites for hydroxylation is 1. The highest BCUT2D eigenvalue weighted by atomic mass is 32.2. The summed E-state index contributed by atoms with van der Waals surface area (Å²) < 4.78 is 32.8. The SMILES string of the molecule is CCCCCCCCCCCCCCCCS(=O)(=O)Nc1cc(CC)ccc1OC. The maximum absolute atomic E-state index is 12.4. The van der Waals surface area contributed by atoms with Gasteiger partial charge >= 0.3 is 0 Å². The zero-order chi connectivity index (χ0) is 22.1. The average Bonchev–Trinajstić information content (AvgIpc) is 2.73. The molecule has 4 nitrogen and oxygen atoms in total. The van der Waals surface area contributed by atoms with Crippen LogP contribution in [0.2, 0.25) is 0 Å². The molecule has 0 aliphatic rings. The summed E-state index contributed by atoms with van der Waals surface area (Å²) in [6.07, 6.45) is 18.5. The summed E-state index contributed by atoms with van der Waals surface area (Å²) in [5.74, 6) is 0.738. The van der Waals surface area contributed by atoms with E-state index in [1.54, 1.807) is 7.11 Å². The van der Waals surface area contributed by atoms with E-state index >= 15 is 0 Å². The number of unbranched alkanes of at least 4 members (excludes halogenated alkanes) is 13. The Labute approximate surface area is 186 Å². The topological polar surface area (TPSA) is 55.4 Å². The highest BCUT2D eigenvalue weighted by molar-refractivity contribution is 7.92. The molecule has 0 amide bonds. The van der Waals surface area contributed by atoms with Crippen molar-refractivity contribution in [3.05, 3.63) is 23.8 Å². The molecular weight excluding hydrogens is 394 g/mol. The van der Waals surface area contributed by atoms with Gasteiger partial charge < -0.3 is 4.74 Å². The van der Waals surface area contributed by atoms with E-state index in [4.69, 9.17) is 4.74 Å². The van der Waals surface area contributed by atoms with Crippen LogP contribution in [0.15, 0.2) is 18.2 Å². The first-order valence-electron chi connectivity index (χ1n) is 12.2. The summed E-state index contributed by atoms with van der Waals surface area (Å²) in [7, 11) is -1.78. The average molecular weight is 440 g/mol. The Morgan fingerprint density at radius 1 is 0.767 bits per heavy atom. The van der Waals surface area contributed by atoms with Crippen molar-refractivity contribution in [2.24, 2.45) is 0 Å². The van der Waals surface area contributed by atoms with Gasteiger partial charge in [0.15, 0.2) is 0 Å². The lowest BCUT2D eigenvalue weighted by molar-refractivity contribution is 0.416. The third-order valence-electron chi connectivity index (χ3n) is 5.70. The molecule has 5 heteroatoms. The number of anilines is 1. The lowest BCUT2D eigenvalue weighted by atomic mass is 10.0. The number of methoxy groups -OCH3 is 1. The Morgan fingerprint density at radius 2 is 1.27 bits per heavy atom. The minimum absolute atomic E-state index is 0.171. The summed E-state index contributed by atoms with van der Waals surface area (Å²) in [6.45, 7) is 4.31. The fourth-order valence-corrected chi connectivity index (χ4v) is 4.94. The van der Waals surface area contributed by atoms with E-state index in [2.05, 4.69) is 18.6 Å². The molecule has 1 rings (SSSR count). The summed E-state index contributed by atoms with van der Waals surface area (Å²) in [5, 5.41) is 0. The van der Waals surface area contributed by atoms with Crippen LogP contribution in [0.25, 0.3) is 0 Å². The van der Waals surface area contributed by atoms with Crippen LogP contribution >= 0.6 is 0 Å². The van der Waals surface area contributed by atoms with Crippen LogP contribution in [0.4, 0.5) is 5.69 Å². The van der Waals surface area contributed by atoms with Crippen molar-refractivity contribution < 1.29 is 13.2 Å². The monoisotopic (exact) mass is 439 g/mol. The van der Waals surface area contributed by atoms with Crippen molar-refractivity contribution >= 4 is 15.7 Å². The second-order valence-electron chi connectivity index (χ2n) is 8.41. The molecule has 30 heavy (non-hydrogen) atoms. The maximum Gasteiger partial charge on any atom is 0.232 e. The fourth-order valence-electron chi connectivity index (χ4n) is 3.76. The molecule has 1 aromatic rings. The van der Waals surface area contributed by atoms with Gasteiger partial charge in [-0.3, -0.25) is 4.72 Å². The zero-order valence-electron chi connectivity index (χ0n) is 19.7. The quantitative estimate of drug-likeness (QED) is 0.227. The van der Waals surface area contributed by atoms with Gasteiger partial charge in [0.25, 0.3) is 0 Å². The van der Waals surface area contributed by atoms with Crippen molar-refractivity contribution in [1.82, 2.24) is 0 Å². The largest absolute Gasteiger partial charge is 0.495 e. The van der Waals surface area contributed by atoms with Crippen LogP contribution in [-0.4, -0.2) is 21.3 Å². The van der Waals surface area contributed by atoms with Crippen molar-refractivity contribution in [2.75, 3.05) is 17.6 Å². The first-order valence-corrected chi connectivity index (χ1v) is 13.8. The lowest BCUT2D eigenvalue weighted by Gasteiger charge is -2.13. The first kappa shape index (κ1) is 26.8. The van der Waals surface area contributed by atoms with E-state index in [0.29, 0.717) is 17.9 Å². The van der Waals surface area contributed by atoms with Crippen molar-refractivity contribution in [2.45, 2.75) is 110 Å². The molecule has 0 aromatic heterocycles. The van der Waals surface area contributed by atoms with Crippen LogP contribution < -0.4 is 9.46 Å². The van der Waals surface area contributed by atoms with Crippen LogP contribution in [-0.2, 0) is 16.4 Å². The highest BCUT2D eigenvalue weighted by Gasteiger charge is 2.13. The highest BCUT2D eigenvalue weighted by Crippen LogP contribution is 2.27. The number of nitrogens with one attached hydrogen (secondary N) is 1. The van der Waals surface area contributed by atoms with Crippen molar-refractivity contribution in [3.63, 3.8) is 0 Å². The molecule has 0 saturated heterocycles. The zero-order valence-corrected chi connectivity index (χ0v) is 20.5. The van der Waals surface area contributed by atoms with E-state index in [-0.39, 0.29) is 5.75 Å². The van der Waals surface area contributed by atoms with Crippen LogP contribution in [0, 0.1) is 0 Å². The minimum Gasteiger partial charge on any atom is -0.495 e. The van der Waals surface area contributed by atoms with Crippen molar-refractivity contribution in [1.29, 1.82) is 0 Å². The van der Waals surface area contributed by atoms with Gasteiger partial charge in [-0.1, -0.05) is 103 Å². The Kier molecular flexibility index (Phi) is 14.7. The van der Waals surface area contributed by atoms with Gasteiger partial charge in [0.2, 0.25) is 10.0 Å². The molecule has 0 unspecified atom stereocenters. The van der Waals surface area contributed by atoms with Gasteiger partial charge in [-0.05, 0) is 30.5 Å². The number of ether oxygens (including phenoxy) is 1. The third kappa shape index (κ3) is 12.5. The predicted molar refractivity (Wildman–Crippen MR) is 130 cm³/mol. The summed E-state index contributed by atoms with van der Waals surface area (Å²) in [6, 6.07) is 5.65. The molecule has 0 bridgehead atoms. The normalized spacial score (nSPS) is 11.6. The second-order valence-corrected chi connectivity index (χ2v) is 10.2. The Balaban J connectivity index is 2.10. The Morgan fingerprint density at radius 3 is 1.73 bits per heavy atom. The number of benzene rings is 1. The Bertz CT molecular complexity index is 658. The van der Waals surface area contributed by atoms with E-state index < -0.39 is 10.0 Å². The van der Waals surface area contributed by atoms with E-state index in [1.807, 2.05) is 18.2 Å². The Hall–Kier alpha value is -1.23. The van der Waals surface area contributed by atoms with Crippen molar-refractivity contribution in [3.8, 4) is 5.75 Å². The van der Waals surface area contributed by atoms with Crippen LogP contribution in [0.1, 0.15) is 109 Å². The summed E-state index contributed by atoms with van der Waals surface area (Å²) in [5.41, 5.74) is 1.63. The molecule has 0 aliphatic carbocycles. The van der Waals surface area contributed by atoms with E-state index in [9.17, 15) is 8.42 Å². The molecular formula is C25H45NO3S. The van der Waals surface area contributed by atoms with Crippen LogP contribution in [0.3, 0.4) is 0 Å². The van der Waals surface area contributed by atoms with E-state index in [0.717, 1.165) is 24.8 Å². The number of hydrogen-bond acceptors (Lipinski definition) is 3. The molecule has 0 fully saturated rings. The fraction of sp³-hybridized carbons (Fsp3) is 0.760. The summed E-state index contributed by atoms with van der Waals surface area (Å²) in [4.78, 5) is 0. The van der Waals surface area contributed by atoms with Gasteiger partial charge in [-0.15, -0.1) is 0 Å². The number of rotatable bonds is 19. The second kappa shape index (κ2) is 16.5. The smallest absolute Gasteiger partial charge is 0.232 e. The predicted octanol–water partition coefficient (Wildman–Crippen LogP) is 7.48. The van der Waals surface area contributed by atoms with Gasteiger partial charge in [0.1, 0.15) is 5.75 Å². The first-order chi connectivity index (χ1) is 14.5. The summed E-state index contributed by atoms with van der Waals surface area (Å²) >= 11 is 0. The number of hydrogen-bond donors (Lipinski definition) is 1. The lowest BCUT2D eigenvalue weighted by Crippen LogP contribution is -2.17. The maximum atomic E-state index is 12.4. The van der Waals surface area contributed by atoms with Crippen LogP contribution in [0.5, 0.6) is 5.75 Å². The molecule has 0 atom stereocenters. The van der Waals surface area contributed by atoms with Gasteiger partial charge in [-0.25, -0.2) is 8.42 Å². The van der Waals surface area contributed by atoms with Gasteiger partial charge in [0, 0.05) is 0 Å². The molecule has 0 radical (unpaired) electrons.